The van der Waals surface area contributed by atoms with Gasteiger partial charge in [0.15, 0.2) is 9.84 Å². The average Bonchev–Trinajstić information content (AvgIpc) is 3.62. The molecule has 3 aliphatic rings. The third-order valence-electron chi connectivity index (χ3n) is 13.3. The lowest BCUT2D eigenvalue weighted by Gasteiger charge is -2.39. The maximum atomic E-state index is 14.0. The maximum Gasteiger partial charge on any atom is 0.421 e. The second-order valence-corrected chi connectivity index (χ2v) is 21.7. The van der Waals surface area contributed by atoms with Crippen LogP contribution in [-0.4, -0.2) is 154 Å². The van der Waals surface area contributed by atoms with E-state index in [1.165, 1.54) is 18.2 Å². The highest BCUT2D eigenvalue weighted by molar-refractivity contribution is 7.90. The average molecular weight is 1030 g/mol. The van der Waals surface area contributed by atoms with Crippen molar-refractivity contribution < 1.29 is 40.7 Å². The van der Waals surface area contributed by atoms with Gasteiger partial charge < -0.3 is 35.6 Å². The van der Waals surface area contributed by atoms with Crippen molar-refractivity contribution in [1.29, 1.82) is 0 Å². The molecule has 0 spiro atoms. The summed E-state index contributed by atoms with van der Waals surface area (Å²) in [4.78, 5) is 48.5. The normalized spacial score (nSPS) is 18.5. The smallest absolute Gasteiger partial charge is 0.421 e. The molecule has 0 unspecified atom stereocenters. The van der Waals surface area contributed by atoms with Gasteiger partial charge in [0.25, 0.3) is 0 Å². The second-order valence-electron chi connectivity index (χ2n) is 19.7. The molecule has 0 bridgehead atoms. The fourth-order valence-corrected chi connectivity index (χ4v) is 10.1. The first-order valence-electron chi connectivity index (χ1n) is 24.4. The number of nitrogens with zero attached hydrogens (tertiary/aromatic N) is 7. The van der Waals surface area contributed by atoms with Gasteiger partial charge in [-0.3, -0.25) is 29.3 Å². The van der Waals surface area contributed by atoms with Crippen molar-refractivity contribution in [3.63, 3.8) is 0 Å². The molecule has 2 aromatic heterocycles. The second kappa shape index (κ2) is 22.9. The standard InChI is InChI=1S/C52H64F3N11O6S/c1-35-30-65(41(28-56-35)33-71-4)32-47(68)66-34-51(2,3)48-44(66)25-37(27-57-48)23-38-10-6-7-12-45(38)72-22-21-63-17-19-64(20-18-63)31-46(67)60-39-13-15-40(16-14-39)61-50-59-29-43(52(53,54)55)49(62-50)58-26-36-9-8-11-42(24-36)73(5,69)70/h6-16,24-25,27,29,35,41,56H,17-23,26,28,30-34H2,1-5H3,(H,60,67)(H2,58,59,61,62)/t35-,41-/m1/s1. The van der Waals surface area contributed by atoms with Crippen molar-refractivity contribution >= 4 is 50.5 Å². The van der Waals surface area contributed by atoms with Crippen LogP contribution in [0.1, 0.15) is 48.7 Å². The molecule has 8 rings (SSSR count). The van der Waals surface area contributed by atoms with Gasteiger partial charge in [-0.1, -0.05) is 44.2 Å². The predicted molar refractivity (Wildman–Crippen MR) is 274 cm³/mol. The molecule has 2 amide bonds. The summed E-state index contributed by atoms with van der Waals surface area (Å²) in [5.74, 6) is 0.109. The third-order valence-corrected chi connectivity index (χ3v) is 14.4. The topological polar surface area (TPSA) is 186 Å². The Morgan fingerprint density at radius 1 is 0.904 bits per heavy atom. The van der Waals surface area contributed by atoms with Crippen molar-refractivity contribution in [2.45, 2.75) is 62.3 Å². The van der Waals surface area contributed by atoms with E-state index >= 15 is 0 Å². The van der Waals surface area contributed by atoms with E-state index in [1.807, 2.05) is 29.3 Å². The van der Waals surface area contributed by atoms with E-state index in [0.29, 0.717) is 68.9 Å². The molecule has 2 fully saturated rings. The number of fused-ring (bicyclic) bond motifs is 1. The number of halogens is 3. The molecular weight excluding hydrogens is 964 g/mol. The van der Waals surface area contributed by atoms with Crippen LogP contribution >= 0.6 is 0 Å². The van der Waals surface area contributed by atoms with Crippen LogP contribution in [0.4, 0.5) is 42.0 Å². The molecule has 4 N–H and O–H groups in total. The van der Waals surface area contributed by atoms with Gasteiger partial charge in [-0.2, -0.15) is 18.2 Å². The van der Waals surface area contributed by atoms with Crippen molar-refractivity contribution in [2.75, 3.05) is 113 Å². The highest BCUT2D eigenvalue weighted by Gasteiger charge is 2.41. The lowest BCUT2D eigenvalue weighted by Crippen LogP contribution is -2.59. The van der Waals surface area contributed by atoms with Crippen molar-refractivity contribution in [2.24, 2.45) is 0 Å². The number of pyridine rings is 1. The molecule has 0 aliphatic carbocycles. The zero-order valence-electron chi connectivity index (χ0n) is 41.8. The molecule has 2 atom stereocenters. The Kier molecular flexibility index (Phi) is 16.6. The molecule has 21 heteroatoms. The van der Waals surface area contributed by atoms with Crippen LogP contribution < -0.4 is 30.9 Å². The highest BCUT2D eigenvalue weighted by Crippen LogP contribution is 2.40. The summed E-state index contributed by atoms with van der Waals surface area (Å²) >= 11 is 0. The van der Waals surface area contributed by atoms with Crippen molar-refractivity contribution in [3.8, 4) is 5.75 Å². The van der Waals surface area contributed by atoms with Crippen LogP contribution in [0.3, 0.4) is 0 Å². The Morgan fingerprint density at radius 2 is 1.64 bits per heavy atom. The number of rotatable bonds is 19. The van der Waals surface area contributed by atoms with Crippen LogP contribution in [0.5, 0.6) is 5.75 Å². The summed E-state index contributed by atoms with van der Waals surface area (Å²) in [6, 6.07) is 23.1. The molecule has 390 valence electrons. The number of hydrogen-bond donors (Lipinski definition) is 4. The molecule has 0 radical (unpaired) electrons. The van der Waals surface area contributed by atoms with E-state index in [2.05, 4.69) is 78.8 Å². The molecule has 2 saturated heterocycles. The molecule has 5 heterocycles. The predicted octanol–water partition coefficient (Wildman–Crippen LogP) is 5.81. The number of sulfone groups is 1. The number of nitrogens with one attached hydrogen (secondary N) is 4. The third kappa shape index (κ3) is 13.9. The minimum Gasteiger partial charge on any atom is -0.492 e. The van der Waals surface area contributed by atoms with Gasteiger partial charge in [0.2, 0.25) is 17.8 Å². The van der Waals surface area contributed by atoms with Gasteiger partial charge >= 0.3 is 6.18 Å². The highest BCUT2D eigenvalue weighted by atomic mass is 32.2. The molecule has 73 heavy (non-hydrogen) atoms. The van der Waals surface area contributed by atoms with Crippen LogP contribution in [0.2, 0.25) is 0 Å². The Bertz CT molecular complexity index is 2850. The maximum absolute atomic E-state index is 14.0. The number of carbonyl (C=O) groups excluding carboxylic acids is 2. The zero-order chi connectivity index (χ0) is 51.9. The van der Waals surface area contributed by atoms with E-state index in [1.54, 1.807) is 37.4 Å². The fourth-order valence-electron chi connectivity index (χ4n) is 9.43. The lowest BCUT2D eigenvalue weighted by atomic mass is 9.91. The summed E-state index contributed by atoms with van der Waals surface area (Å²) in [5.41, 5.74) is 3.94. The Labute approximate surface area is 424 Å². The number of amides is 2. The van der Waals surface area contributed by atoms with Gasteiger partial charge in [0, 0.05) is 120 Å². The van der Waals surface area contributed by atoms with Crippen LogP contribution in [0.25, 0.3) is 0 Å². The number of anilines is 5. The molecule has 3 aliphatic heterocycles. The number of alkyl halides is 3. The van der Waals surface area contributed by atoms with E-state index in [4.69, 9.17) is 14.5 Å². The van der Waals surface area contributed by atoms with Crippen LogP contribution in [0, 0.1) is 0 Å². The number of benzene rings is 3. The number of piperazine rings is 2. The number of ether oxygens (including phenoxy) is 2. The Balaban J connectivity index is 0.784. The SMILES string of the molecule is COC[C@H]1CN[C@H](C)CN1CC(=O)N1CC(C)(C)c2ncc(Cc3ccccc3OCCN3CCN(CC(=O)Nc4ccc(Nc5ncc(C(F)(F)F)c(NCc6cccc(S(C)(=O)=O)c6)n5)cc4)CC3)cc21. The zero-order valence-corrected chi connectivity index (χ0v) is 42.7. The van der Waals surface area contributed by atoms with Gasteiger partial charge in [0.05, 0.1) is 36.0 Å². The number of methoxy groups -OCH3 is 1. The van der Waals surface area contributed by atoms with E-state index < -0.39 is 27.4 Å². The first-order valence-corrected chi connectivity index (χ1v) is 26.3. The lowest BCUT2D eigenvalue weighted by molar-refractivity contribution is -0.137. The molecule has 3 aromatic carbocycles. The summed E-state index contributed by atoms with van der Waals surface area (Å²) < 4.78 is 77.4. The van der Waals surface area contributed by atoms with Gasteiger partial charge in [-0.05, 0) is 72.1 Å². The summed E-state index contributed by atoms with van der Waals surface area (Å²) in [6.45, 7) is 13.6. The molecule has 0 saturated carbocycles. The minimum absolute atomic E-state index is 0.0484. The van der Waals surface area contributed by atoms with Gasteiger partial charge in [0.1, 0.15) is 23.7 Å². The quantitative estimate of drug-likeness (QED) is 0.0777. The number of hydrogen-bond acceptors (Lipinski definition) is 15. The molecule has 5 aromatic rings. The fraction of sp³-hybridized carbons (Fsp3) is 0.442. The Morgan fingerprint density at radius 3 is 2.38 bits per heavy atom. The number of carbonyl (C=O) groups is 2. The van der Waals surface area contributed by atoms with E-state index in [-0.39, 0.29) is 53.2 Å². The molecular formula is C52H64F3N11O6S. The van der Waals surface area contributed by atoms with Crippen molar-refractivity contribution in [1.82, 2.24) is 35.0 Å². The van der Waals surface area contributed by atoms with Gasteiger partial charge in [-0.15, -0.1) is 0 Å². The largest absolute Gasteiger partial charge is 0.492 e. The summed E-state index contributed by atoms with van der Waals surface area (Å²) in [7, 11) is -1.81. The number of para-hydroxylation sites is 1. The monoisotopic (exact) mass is 1030 g/mol. The Hall–Kier alpha value is -6.23. The molecule has 17 nitrogen and oxygen atoms in total. The minimum atomic E-state index is -4.75. The first-order chi connectivity index (χ1) is 34.8. The van der Waals surface area contributed by atoms with Crippen LogP contribution in [-0.2, 0) is 48.7 Å². The van der Waals surface area contributed by atoms with Gasteiger partial charge in [-0.25, -0.2) is 13.4 Å². The summed E-state index contributed by atoms with van der Waals surface area (Å²) in [6.07, 6.45) is -0.500. The van der Waals surface area contributed by atoms with Crippen molar-refractivity contribution in [3.05, 3.63) is 119 Å². The van der Waals surface area contributed by atoms with Crippen LogP contribution in [0.15, 0.2) is 96.2 Å². The number of aromatic nitrogens is 3. The van der Waals surface area contributed by atoms with E-state index in [0.717, 1.165) is 67.2 Å². The summed E-state index contributed by atoms with van der Waals surface area (Å²) in [5, 5.41) is 12.0. The van der Waals surface area contributed by atoms with E-state index in [9.17, 15) is 31.2 Å². The first kappa shape index (κ1) is 53.1.